The maximum absolute atomic E-state index is 13.7. The number of benzene rings is 2. The van der Waals surface area contributed by atoms with Gasteiger partial charge in [0.25, 0.3) is 11.6 Å². The van der Waals surface area contributed by atoms with Crippen LogP contribution in [0, 0.1) is 15.9 Å². The highest BCUT2D eigenvalue weighted by Gasteiger charge is 2.16. The Bertz CT molecular complexity index is 910. The molecule has 3 rings (SSSR count). The SMILES string of the molecule is O=C(Nc1cc([N+](=O)[O-])ccc1F)c1cnn(-c2ccccc2)n1. The average Bonchev–Trinajstić information content (AvgIpc) is 3.07. The van der Waals surface area contributed by atoms with E-state index in [0.717, 1.165) is 18.2 Å². The molecule has 9 heteroatoms. The predicted octanol–water partition coefficient (Wildman–Crippen LogP) is 2.57. The van der Waals surface area contributed by atoms with E-state index in [1.807, 2.05) is 6.07 Å². The van der Waals surface area contributed by atoms with Crippen LogP contribution in [-0.2, 0) is 0 Å². The molecule has 0 bridgehead atoms. The van der Waals surface area contributed by atoms with Crippen molar-refractivity contribution in [1.82, 2.24) is 15.0 Å². The van der Waals surface area contributed by atoms with Crippen LogP contribution in [0.15, 0.2) is 54.7 Å². The molecule has 1 heterocycles. The Hall–Kier alpha value is -3.62. The maximum atomic E-state index is 13.7. The number of nitro groups is 1. The van der Waals surface area contributed by atoms with Gasteiger partial charge in [0.05, 0.1) is 22.5 Å². The molecule has 2 aromatic carbocycles. The lowest BCUT2D eigenvalue weighted by Gasteiger charge is -2.04. The summed E-state index contributed by atoms with van der Waals surface area (Å²) in [7, 11) is 0. The molecule has 120 valence electrons. The molecular weight excluding hydrogens is 317 g/mol. The molecule has 0 radical (unpaired) electrons. The topological polar surface area (TPSA) is 103 Å². The number of hydrogen-bond donors (Lipinski definition) is 1. The molecule has 0 saturated heterocycles. The molecule has 24 heavy (non-hydrogen) atoms. The van der Waals surface area contributed by atoms with E-state index in [1.54, 1.807) is 24.3 Å². The predicted molar refractivity (Wildman–Crippen MR) is 82.4 cm³/mol. The van der Waals surface area contributed by atoms with Gasteiger partial charge in [-0.3, -0.25) is 14.9 Å². The molecule has 3 aromatic rings. The summed E-state index contributed by atoms with van der Waals surface area (Å²) in [5, 5.41) is 20.9. The zero-order chi connectivity index (χ0) is 17.1. The van der Waals surface area contributed by atoms with Gasteiger partial charge in [0.2, 0.25) is 0 Å². The van der Waals surface area contributed by atoms with Crippen LogP contribution in [0.4, 0.5) is 15.8 Å². The highest BCUT2D eigenvalue weighted by molar-refractivity contribution is 6.02. The largest absolute Gasteiger partial charge is 0.318 e. The number of halogens is 1. The van der Waals surface area contributed by atoms with Crippen LogP contribution >= 0.6 is 0 Å². The minimum Gasteiger partial charge on any atom is -0.318 e. The zero-order valence-corrected chi connectivity index (χ0v) is 12.1. The van der Waals surface area contributed by atoms with Gasteiger partial charge in [-0.15, -0.1) is 5.10 Å². The smallest absolute Gasteiger partial charge is 0.277 e. The van der Waals surface area contributed by atoms with E-state index in [1.165, 1.54) is 11.0 Å². The summed E-state index contributed by atoms with van der Waals surface area (Å²) in [4.78, 5) is 23.4. The second-order valence-electron chi connectivity index (χ2n) is 4.73. The lowest BCUT2D eigenvalue weighted by Crippen LogP contribution is -2.14. The summed E-state index contributed by atoms with van der Waals surface area (Å²) in [6.07, 6.45) is 1.22. The number of amides is 1. The van der Waals surface area contributed by atoms with Gasteiger partial charge >= 0.3 is 0 Å². The van der Waals surface area contributed by atoms with Crippen molar-refractivity contribution in [3.8, 4) is 5.69 Å². The Kier molecular flexibility index (Phi) is 3.98. The monoisotopic (exact) mass is 327 g/mol. The number of carbonyl (C=O) groups is 1. The number of nitrogens with one attached hydrogen (secondary N) is 1. The quantitative estimate of drug-likeness (QED) is 0.586. The first-order valence-electron chi connectivity index (χ1n) is 6.77. The van der Waals surface area contributed by atoms with Gasteiger partial charge in [0.15, 0.2) is 5.69 Å². The number of anilines is 1. The number of hydrogen-bond acceptors (Lipinski definition) is 5. The summed E-state index contributed by atoms with van der Waals surface area (Å²) < 4.78 is 13.7. The Labute approximate surface area is 134 Å². The van der Waals surface area contributed by atoms with Crippen LogP contribution in [0.5, 0.6) is 0 Å². The van der Waals surface area contributed by atoms with Gasteiger partial charge in [0.1, 0.15) is 5.82 Å². The summed E-state index contributed by atoms with van der Waals surface area (Å²) in [5.74, 6) is -1.51. The third-order valence-electron chi connectivity index (χ3n) is 3.12. The van der Waals surface area contributed by atoms with Crippen molar-refractivity contribution in [2.45, 2.75) is 0 Å². The first kappa shape index (κ1) is 15.3. The van der Waals surface area contributed by atoms with Gasteiger partial charge in [0, 0.05) is 12.1 Å². The normalized spacial score (nSPS) is 10.4. The molecular formula is C15H10FN5O3. The van der Waals surface area contributed by atoms with E-state index in [-0.39, 0.29) is 17.1 Å². The highest BCUT2D eigenvalue weighted by atomic mass is 19.1. The van der Waals surface area contributed by atoms with E-state index in [2.05, 4.69) is 15.5 Å². The number of carbonyl (C=O) groups excluding carboxylic acids is 1. The van der Waals surface area contributed by atoms with Gasteiger partial charge in [-0.2, -0.15) is 9.90 Å². The maximum Gasteiger partial charge on any atom is 0.277 e. The first-order valence-corrected chi connectivity index (χ1v) is 6.77. The molecule has 1 aromatic heterocycles. The molecule has 0 aliphatic heterocycles. The van der Waals surface area contributed by atoms with E-state index >= 15 is 0 Å². The fourth-order valence-corrected chi connectivity index (χ4v) is 1.96. The number of para-hydroxylation sites is 1. The van der Waals surface area contributed by atoms with Crippen LogP contribution in [-0.4, -0.2) is 25.8 Å². The summed E-state index contributed by atoms with van der Waals surface area (Å²) in [6, 6.07) is 11.8. The third kappa shape index (κ3) is 3.09. The van der Waals surface area contributed by atoms with E-state index in [0.29, 0.717) is 5.69 Å². The Morgan fingerprint density at radius 2 is 1.96 bits per heavy atom. The molecule has 1 amide bonds. The van der Waals surface area contributed by atoms with E-state index < -0.39 is 16.6 Å². The fourth-order valence-electron chi connectivity index (χ4n) is 1.96. The molecule has 0 unspecified atom stereocenters. The molecule has 0 saturated carbocycles. The van der Waals surface area contributed by atoms with Crippen molar-refractivity contribution < 1.29 is 14.1 Å². The zero-order valence-electron chi connectivity index (χ0n) is 12.1. The Morgan fingerprint density at radius 3 is 2.67 bits per heavy atom. The molecule has 0 fully saturated rings. The van der Waals surface area contributed by atoms with Crippen molar-refractivity contribution in [1.29, 1.82) is 0 Å². The molecule has 0 atom stereocenters. The Morgan fingerprint density at radius 1 is 1.21 bits per heavy atom. The average molecular weight is 327 g/mol. The number of nitrogens with zero attached hydrogens (tertiary/aromatic N) is 4. The van der Waals surface area contributed by atoms with Crippen LogP contribution in [0.3, 0.4) is 0 Å². The molecule has 1 N–H and O–H groups in total. The van der Waals surface area contributed by atoms with Crippen molar-refractivity contribution >= 4 is 17.3 Å². The minimum atomic E-state index is -0.788. The second-order valence-corrected chi connectivity index (χ2v) is 4.73. The van der Waals surface area contributed by atoms with Gasteiger partial charge in [-0.1, -0.05) is 18.2 Å². The number of non-ortho nitro benzene ring substituents is 1. The van der Waals surface area contributed by atoms with Crippen LogP contribution < -0.4 is 5.32 Å². The van der Waals surface area contributed by atoms with Crippen LogP contribution in [0.25, 0.3) is 5.69 Å². The summed E-state index contributed by atoms with van der Waals surface area (Å²) >= 11 is 0. The van der Waals surface area contributed by atoms with E-state index in [9.17, 15) is 19.3 Å². The second kappa shape index (κ2) is 6.24. The standard InChI is InChI=1S/C15H10FN5O3/c16-12-7-6-11(21(23)24)8-13(12)18-15(22)14-9-17-20(19-14)10-4-2-1-3-5-10/h1-9H,(H,18,22). The molecule has 8 nitrogen and oxygen atoms in total. The van der Waals surface area contributed by atoms with Crippen LogP contribution in [0.2, 0.25) is 0 Å². The van der Waals surface area contributed by atoms with Crippen molar-refractivity contribution in [3.63, 3.8) is 0 Å². The number of nitro benzene ring substituents is 1. The number of rotatable bonds is 4. The van der Waals surface area contributed by atoms with Crippen molar-refractivity contribution in [2.24, 2.45) is 0 Å². The summed E-state index contributed by atoms with van der Waals surface area (Å²) in [5.41, 5.74) is -0.0362. The van der Waals surface area contributed by atoms with Crippen molar-refractivity contribution in [3.05, 3.63) is 76.4 Å². The van der Waals surface area contributed by atoms with Crippen molar-refractivity contribution in [2.75, 3.05) is 5.32 Å². The first-order chi connectivity index (χ1) is 11.5. The van der Waals surface area contributed by atoms with E-state index in [4.69, 9.17) is 0 Å². The molecule has 0 aliphatic rings. The highest BCUT2D eigenvalue weighted by Crippen LogP contribution is 2.21. The number of aromatic nitrogens is 3. The van der Waals surface area contributed by atoms with Gasteiger partial charge in [-0.25, -0.2) is 4.39 Å². The minimum absolute atomic E-state index is 0.0511. The summed E-state index contributed by atoms with van der Waals surface area (Å²) in [6.45, 7) is 0. The lowest BCUT2D eigenvalue weighted by atomic mass is 10.2. The van der Waals surface area contributed by atoms with Gasteiger partial charge < -0.3 is 5.32 Å². The fraction of sp³-hybridized carbons (Fsp3) is 0. The third-order valence-corrected chi connectivity index (χ3v) is 3.12. The lowest BCUT2D eigenvalue weighted by molar-refractivity contribution is -0.384. The Balaban J connectivity index is 1.82. The van der Waals surface area contributed by atoms with Crippen LogP contribution in [0.1, 0.15) is 10.5 Å². The molecule has 0 spiro atoms. The molecule has 0 aliphatic carbocycles. The van der Waals surface area contributed by atoms with Gasteiger partial charge in [-0.05, 0) is 18.2 Å².